The van der Waals surface area contributed by atoms with Gasteiger partial charge in [-0.1, -0.05) is 37.3 Å². The van der Waals surface area contributed by atoms with Crippen LogP contribution in [0.15, 0.2) is 37.0 Å². The van der Waals surface area contributed by atoms with E-state index in [0.29, 0.717) is 5.57 Å². The second kappa shape index (κ2) is 6.60. The molecule has 4 nitrogen and oxygen atoms in total. The van der Waals surface area contributed by atoms with Crippen LogP contribution in [-0.2, 0) is 19.1 Å². The molecule has 0 aromatic rings. The zero-order valence-corrected chi connectivity index (χ0v) is 10.7. The van der Waals surface area contributed by atoms with Gasteiger partial charge in [-0.3, -0.25) is 9.59 Å². The largest absolute Gasteiger partial charge is 0.460 e. The highest BCUT2D eigenvalue weighted by Gasteiger charge is 2.49. The van der Waals surface area contributed by atoms with Crippen LogP contribution < -0.4 is 0 Å². The van der Waals surface area contributed by atoms with Crippen molar-refractivity contribution in [1.29, 1.82) is 0 Å². The van der Waals surface area contributed by atoms with Gasteiger partial charge in [0.2, 0.25) is 0 Å². The molecule has 0 bridgehead atoms. The SMILES string of the molecule is C#CCOC(=O)C1(C(=O)OCC(=C)C=C)CC=CC1. The van der Waals surface area contributed by atoms with Gasteiger partial charge in [0.05, 0.1) is 0 Å². The number of esters is 2. The van der Waals surface area contributed by atoms with Crippen molar-refractivity contribution in [2.45, 2.75) is 12.8 Å². The molecule has 0 spiro atoms. The summed E-state index contributed by atoms with van der Waals surface area (Å²) in [7, 11) is 0. The van der Waals surface area contributed by atoms with E-state index in [1.807, 2.05) is 0 Å². The maximum Gasteiger partial charge on any atom is 0.325 e. The van der Waals surface area contributed by atoms with E-state index in [0.717, 1.165) is 0 Å². The Balaban J connectivity index is 2.73. The third-order valence-corrected chi connectivity index (χ3v) is 2.84. The molecule has 0 aromatic carbocycles. The van der Waals surface area contributed by atoms with Crippen LogP contribution in [0.1, 0.15) is 12.8 Å². The van der Waals surface area contributed by atoms with Crippen molar-refractivity contribution in [1.82, 2.24) is 0 Å². The van der Waals surface area contributed by atoms with Gasteiger partial charge in [-0.15, -0.1) is 6.42 Å². The summed E-state index contributed by atoms with van der Waals surface area (Å²) >= 11 is 0. The normalized spacial score (nSPS) is 15.3. The first-order valence-electron chi connectivity index (χ1n) is 5.80. The Bertz CT molecular complexity index is 457. The van der Waals surface area contributed by atoms with Crippen LogP contribution in [0.3, 0.4) is 0 Å². The third-order valence-electron chi connectivity index (χ3n) is 2.84. The summed E-state index contributed by atoms with van der Waals surface area (Å²) in [6.07, 6.45) is 10.5. The van der Waals surface area contributed by atoms with Gasteiger partial charge >= 0.3 is 11.9 Å². The molecule has 1 aliphatic rings. The highest BCUT2D eigenvalue weighted by molar-refractivity contribution is 6.01. The number of hydrogen-bond donors (Lipinski definition) is 0. The lowest BCUT2D eigenvalue weighted by atomic mass is 9.85. The minimum absolute atomic E-state index is 0.00645. The predicted octanol–water partition coefficient (Wildman–Crippen LogP) is 1.78. The van der Waals surface area contributed by atoms with E-state index in [4.69, 9.17) is 15.9 Å². The number of carbonyl (C=O) groups excluding carboxylic acids is 2. The van der Waals surface area contributed by atoms with Crippen LogP contribution in [0.25, 0.3) is 0 Å². The van der Waals surface area contributed by atoms with Crippen molar-refractivity contribution in [3.05, 3.63) is 37.0 Å². The Morgan fingerprint density at radius 2 is 1.89 bits per heavy atom. The van der Waals surface area contributed by atoms with Crippen LogP contribution in [-0.4, -0.2) is 25.2 Å². The van der Waals surface area contributed by atoms with Gasteiger partial charge in [-0.2, -0.15) is 0 Å². The lowest BCUT2D eigenvalue weighted by Gasteiger charge is -2.24. The van der Waals surface area contributed by atoms with Crippen molar-refractivity contribution in [2.24, 2.45) is 5.41 Å². The average Bonchev–Trinajstić information content (AvgIpc) is 2.92. The van der Waals surface area contributed by atoms with Gasteiger partial charge in [-0.25, -0.2) is 0 Å². The number of rotatable bonds is 6. The van der Waals surface area contributed by atoms with Gasteiger partial charge in [0.1, 0.15) is 6.61 Å². The highest BCUT2D eigenvalue weighted by Crippen LogP contribution is 2.36. The van der Waals surface area contributed by atoms with Crippen molar-refractivity contribution < 1.29 is 19.1 Å². The van der Waals surface area contributed by atoms with Crippen molar-refractivity contribution in [2.75, 3.05) is 13.2 Å². The summed E-state index contributed by atoms with van der Waals surface area (Å²) < 4.78 is 9.96. The molecule has 0 aromatic heterocycles. The van der Waals surface area contributed by atoms with E-state index in [2.05, 4.69) is 19.1 Å². The van der Waals surface area contributed by atoms with Gasteiger partial charge in [0.25, 0.3) is 0 Å². The summed E-state index contributed by atoms with van der Waals surface area (Å²) in [6, 6.07) is 0. The Morgan fingerprint density at radius 1 is 1.32 bits per heavy atom. The Hall–Kier alpha value is -2.28. The quantitative estimate of drug-likeness (QED) is 0.240. The summed E-state index contributed by atoms with van der Waals surface area (Å²) in [6.45, 7) is 6.99. The van der Waals surface area contributed by atoms with Crippen LogP contribution in [0, 0.1) is 17.8 Å². The summed E-state index contributed by atoms with van der Waals surface area (Å²) in [5, 5.41) is 0. The molecule has 1 aliphatic carbocycles. The fraction of sp³-hybridized carbons (Fsp3) is 0.333. The van der Waals surface area contributed by atoms with E-state index in [-0.39, 0.29) is 26.1 Å². The smallest absolute Gasteiger partial charge is 0.325 e. The zero-order valence-electron chi connectivity index (χ0n) is 10.7. The topological polar surface area (TPSA) is 52.6 Å². The molecule has 0 saturated heterocycles. The number of carbonyl (C=O) groups is 2. The molecule has 0 fully saturated rings. The van der Waals surface area contributed by atoms with Gasteiger partial charge < -0.3 is 9.47 Å². The molecule has 0 amide bonds. The lowest BCUT2D eigenvalue weighted by Crippen LogP contribution is -2.40. The monoisotopic (exact) mass is 260 g/mol. The minimum atomic E-state index is -1.31. The maximum absolute atomic E-state index is 12.1. The fourth-order valence-corrected chi connectivity index (χ4v) is 1.67. The van der Waals surface area contributed by atoms with Crippen LogP contribution in [0.2, 0.25) is 0 Å². The Kier molecular flexibility index (Phi) is 5.13. The molecule has 0 saturated carbocycles. The lowest BCUT2D eigenvalue weighted by molar-refractivity contribution is -0.170. The van der Waals surface area contributed by atoms with Crippen LogP contribution >= 0.6 is 0 Å². The van der Waals surface area contributed by atoms with E-state index < -0.39 is 17.4 Å². The third kappa shape index (κ3) is 3.35. The molecule has 0 atom stereocenters. The van der Waals surface area contributed by atoms with E-state index in [9.17, 15) is 9.59 Å². The van der Waals surface area contributed by atoms with Gasteiger partial charge in [0.15, 0.2) is 12.0 Å². The zero-order chi connectivity index (χ0) is 14.3. The van der Waals surface area contributed by atoms with E-state index in [1.54, 1.807) is 12.2 Å². The molecule has 0 radical (unpaired) electrons. The van der Waals surface area contributed by atoms with Crippen molar-refractivity contribution in [3.8, 4) is 12.3 Å². The second-order valence-electron chi connectivity index (χ2n) is 4.18. The molecule has 4 heteroatoms. The van der Waals surface area contributed by atoms with Crippen LogP contribution in [0.5, 0.6) is 0 Å². The molecule has 100 valence electrons. The standard InChI is InChI=1S/C15H16O4/c1-4-10-18-13(16)15(8-6-7-9-15)14(17)19-11-12(3)5-2/h1,5-7H,2-3,8-11H2. The molecule has 0 N–H and O–H groups in total. The van der Waals surface area contributed by atoms with Gasteiger partial charge in [-0.05, 0) is 18.4 Å². The van der Waals surface area contributed by atoms with E-state index >= 15 is 0 Å². The second-order valence-corrected chi connectivity index (χ2v) is 4.18. The number of hydrogen-bond acceptors (Lipinski definition) is 4. The fourth-order valence-electron chi connectivity index (χ4n) is 1.67. The van der Waals surface area contributed by atoms with Gasteiger partial charge in [0, 0.05) is 0 Å². The van der Waals surface area contributed by atoms with E-state index in [1.165, 1.54) is 6.08 Å². The number of terminal acetylenes is 1. The molecule has 19 heavy (non-hydrogen) atoms. The molecular weight excluding hydrogens is 244 g/mol. The number of allylic oxidation sites excluding steroid dienone is 2. The summed E-state index contributed by atoms with van der Waals surface area (Å²) in [5.74, 6) is 0.923. The minimum Gasteiger partial charge on any atom is -0.460 e. The van der Waals surface area contributed by atoms with Crippen molar-refractivity contribution in [3.63, 3.8) is 0 Å². The molecule has 0 heterocycles. The predicted molar refractivity (Wildman–Crippen MR) is 70.9 cm³/mol. The number of ether oxygens (including phenoxy) is 2. The van der Waals surface area contributed by atoms with Crippen molar-refractivity contribution >= 4 is 11.9 Å². The molecular formula is C15H16O4. The average molecular weight is 260 g/mol. The summed E-state index contributed by atoms with van der Waals surface area (Å²) in [4.78, 5) is 24.1. The summed E-state index contributed by atoms with van der Waals surface area (Å²) in [5.41, 5.74) is -0.746. The first-order chi connectivity index (χ1) is 9.06. The maximum atomic E-state index is 12.1. The molecule has 1 rings (SSSR count). The van der Waals surface area contributed by atoms with Crippen LogP contribution in [0.4, 0.5) is 0 Å². The highest BCUT2D eigenvalue weighted by atomic mass is 16.6. The first kappa shape index (κ1) is 14.8. The molecule has 0 unspecified atom stereocenters. The molecule has 0 aliphatic heterocycles. The Morgan fingerprint density at radius 3 is 2.42 bits per heavy atom. The Labute approximate surface area is 112 Å². The first-order valence-corrected chi connectivity index (χ1v) is 5.80.